The molecule has 1 heterocycles. The maximum absolute atomic E-state index is 13.5. The Balaban J connectivity index is 1.55. The SMILES string of the molecule is CCCOc1ccc(NC(=O)C[C@H]2C(=O)N(c3cccc(C)c3)C(=O)N2Cc2cccc(OC)c2)cc1. The summed E-state index contributed by atoms with van der Waals surface area (Å²) in [4.78, 5) is 42.6. The van der Waals surface area contributed by atoms with Gasteiger partial charge in [-0.2, -0.15) is 0 Å². The van der Waals surface area contributed by atoms with Crippen molar-refractivity contribution in [3.8, 4) is 11.5 Å². The van der Waals surface area contributed by atoms with Crippen molar-refractivity contribution >= 4 is 29.2 Å². The molecule has 3 aromatic carbocycles. The van der Waals surface area contributed by atoms with Gasteiger partial charge < -0.3 is 19.7 Å². The van der Waals surface area contributed by atoms with Gasteiger partial charge in [-0.1, -0.05) is 31.2 Å². The van der Waals surface area contributed by atoms with E-state index in [0.717, 1.165) is 28.2 Å². The number of methoxy groups -OCH3 is 1. The molecule has 4 rings (SSSR count). The van der Waals surface area contributed by atoms with Crippen LogP contribution in [0.25, 0.3) is 0 Å². The van der Waals surface area contributed by atoms with Gasteiger partial charge in [0.05, 0.1) is 25.8 Å². The molecule has 37 heavy (non-hydrogen) atoms. The summed E-state index contributed by atoms with van der Waals surface area (Å²) in [7, 11) is 1.57. The number of hydrogen-bond acceptors (Lipinski definition) is 5. The zero-order valence-corrected chi connectivity index (χ0v) is 21.3. The molecule has 0 aliphatic carbocycles. The fraction of sp³-hybridized carbons (Fsp3) is 0.276. The lowest BCUT2D eigenvalue weighted by Crippen LogP contribution is -2.37. The zero-order chi connectivity index (χ0) is 26.4. The van der Waals surface area contributed by atoms with Crippen LogP contribution in [-0.4, -0.2) is 42.5 Å². The van der Waals surface area contributed by atoms with Gasteiger partial charge in [-0.05, 0) is 73.0 Å². The molecule has 1 fully saturated rings. The molecule has 0 aromatic heterocycles. The predicted molar refractivity (Wildman–Crippen MR) is 142 cm³/mol. The largest absolute Gasteiger partial charge is 0.497 e. The van der Waals surface area contributed by atoms with E-state index in [4.69, 9.17) is 9.47 Å². The van der Waals surface area contributed by atoms with Gasteiger partial charge in [-0.3, -0.25) is 9.59 Å². The Morgan fingerprint density at radius 3 is 2.43 bits per heavy atom. The van der Waals surface area contributed by atoms with Crippen LogP contribution in [0.3, 0.4) is 0 Å². The number of urea groups is 1. The second-order valence-electron chi connectivity index (χ2n) is 8.92. The van der Waals surface area contributed by atoms with Crippen LogP contribution >= 0.6 is 0 Å². The Hall–Kier alpha value is -4.33. The molecule has 1 aliphatic heterocycles. The number of rotatable bonds is 10. The second-order valence-corrected chi connectivity index (χ2v) is 8.92. The van der Waals surface area contributed by atoms with E-state index >= 15 is 0 Å². The summed E-state index contributed by atoms with van der Waals surface area (Å²) in [6, 6.07) is 20.1. The van der Waals surface area contributed by atoms with Gasteiger partial charge in [0.1, 0.15) is 17.5 Å². The number of carbonyl (C=O) groups is 3. The lowest BCUT2D eigenvalue weighted by Gasteiger charge is -2.22. The van der Waals surface area contributed by atoms with Crippen LogP contribution in [0.1, 0.15) is 30.9 Å². The third-order valence-corrected chi connectivity index (χ3v) is 6.06. The molecule has 0 saturated carbocycles. The number of aryl methyl sites for hydroxylation is 1. The number of hydrogen-bond donors (Lipinski definition) is 1. The van der Waals surface area contributed by atoms with E-state index < -0.39 is 18.0 Å². The first-order valence-corrected chi connectivity index (χ1v) is 12.3. The van der Waals surface area contributed by atoms with Crippen molar-refractivity contribution in [3.05, 3.63) is 83.9 Å². The Labute approximate surface area is 216 Å². The van der Waals surface area contributed by atoms with Crippen LogP contribution in [0.2, 0.25) is 0 Å². The molecule has 1 atom stereocenters. The van der Waals surface area contributed by atoms with E-state index in [2.05, 4.69) is 5.32 Å². The number of imide groups is 1. The predicted octanol–water partition coefficient (Wildman–Crippen LogP) is 5.16. The average Bonchev–Trinajstić information content (AvgIpc) is 3.12. The molecule has 192 valence electrons. The molecular weight excluding hydrogens is 470 g/mol. The minimum atomic E-state index is -0.952. The number of nitrogens with one attached hydrogen (secondary N) is 1. The van der Waals surface area contributed by atoms with Crippen LogP contribution < -0.4 is 19.7 Å². The Bertz CT molecular complexity index is 1270. The number of ether oxygens (including phenoxy) is 2. The molecule has 1 N–H and O–H groups in total. The number of amides is 4. The van der Waals surface area contributed by atoms with Gasteiger partial charge in [-0.25, -0.2) is 9.69 Å². The van der Waals surface area contributed by atoms with Gasteiger partial charge in [0, 0.05) is 12.2 Å². The topological polar surface area (TPSA) is 88.2 Å². The third-order valence-electron chi connectivity index (χ3n) is 6.06. The normalized spacial score (nSPS) is 15.2. The number of anilines is 2. The van der Waals surface area contributed by atoms with Gasteiger partial charge in [0.2, 0.25) is 5.91 Å². The fourth-order valence-electron chi connectivity index (χ4n) is 4.23. The summed E-state index contributed by atoms with van der Waals surface area (Å²) < 4.78 is 10.9. The molecule has 1 saturated heterocycles. The van der Waals surface area contributed by atoms with E-state index in [0.29, 0.717) is 23.7 Å². The number of nitrogens with zero attached hydrogens (tertiary/aromatic N) is 2. The molecule has 0 bridgehead atoms. The zero-order valence-electron chi connectivity index (χ0n) is 21.3. The molecule has 0 unspecified atom stereocenters. The summed E-state index contributed by atoms with van der Waals surface area (Å²) in [6.07, 6.45) is 0.726. The number of benzene rings is 3. The molecular formula is C29H31N3O5. The van der Waals surface area contributed by atoms with E-state index in [1.165, 1.54) is 4.90 Å². The highest BCUT2D eigenvalue weighted by Gasteiger charge is 2.46. The first kappa shape index (κ1) is 25.8. The standard InChI is InChI=1S/C29H31N3O5/c1-4-15-37-24-13-11-22(12-14-24)30-27(33)18-26-28(34)32(23-9-5-7-20(2)16-23)29(35)31(26)19-21-8-6-10-25(17-21)36-3/h5-14,16-17,26H,4,15,18-19H2,1-3H3,(H,30,33)/t26-/m0/s1. The van der Waals surface area contributed by atoms with Gasteiger partial charge in [0.15, 0.2) is 0 Å². The van der Waals surface area contributed by atoms with Crippen molar-refractivity contribution in [2.45, 2.75) is 39.3 Å². The van der Waals surface area contributed by atoms with Crippen molar-refractivity contribution in [1.29, 1.82) is 0 Å². The van der Waals surface area contributed by atoms with Gasteiger partial charge in [-0.15, -0.1) is 0 Å². The molecule has 0 spiro atoms. The van der Waals surface area contributed by atoms with E-state index in [1.54, 1.807) is 49.6 Å². The van der Waals surface area contributed by atoms with Crippen LogP contribution in [0.5, 0.6) is 11.5 Å². The summed E-state index contributed by atoms with van der Waals surface area (Å²) in [5, 5.41) is 2.83. The fourth-order valence-corrected chi connectivity index (χ4v) is 4.23. The highest BCUT2D eigenvalue weighted by Crippen LogP contribution is 2.30. The molecule has 0 radical (unpaired) electrons. The third kappa shape index (κ3) is 6.09. The van der Waals surface area contributed by atoms with E-state index in [1.807, 2.05) is 44.2 Å². The van der Waals surface area contributed by atoms with Crippen LogP contribution in [-0.2, 0) is 16.1 Å². The van der Waals surface area contributed by atoms with Gasteiger partial charge in [0.25, 0.3) is 5.91 Å². The first-order chi connectivity index (χ1) is 17.9. The maximum Gasteiger partial charge on any atom is 0.332 e. The van der Waals surface area contributed by atoms with Gasteiger partial charge >= 0.3 is 6.03 Å². The second kappa shape index (κ2) is 11.6. The smallest absolute Gasteiger partial charge is 0.332 e. The minimum Gasteiger partial charge on any atom is -0.497 e. The highest BCUT2D eigenvalue weighted by molar-refractivity contribution is 6.22. The minimum absolute atomic E-state index is 0.158. The van der Waals surface area contributed by atoms with Crippen LogP contribution in [0.15, 0.2) is 72.8 Å². The molecule has 8 nitrogen and oxygen atoms in total. The quantitative estimate of drug-likeness (QED) is 0.388. The van der Waals surface area contributed by atoms with Crippen molar-refractivity contribution in [1.82, 2.24) is 4.90 Å². The van der Waals surface area contributed by atoms with Crippen molar-refractivity contribution in [2.75, 3.05) is 23.9 Å². The summed E-state index contributed by atoms with van der Waals surface area (Å²) in [5.41, 5.74) is 2.78. The molecule has 1 aliphatic rings. The summed E-state index contributed by atoms with van der Waals surface area (Å²) in [6.45, 7) is 4.70. The molecule has 3 aromatic rings. The Morgan fingerprint density at radius 1 is 0.973 bits per heavy atom. The highest BCUT2D eigenvalue weighted by atomic mass is 16.5. The first-order valence-electron chi connectivity index (χ1n) is 12.3. The monoisotopic (exact) mass is 501 g/mol. The van der Waals surface area contributed by atoms with Crippen LogP contribution in [0, 0.1) is 6.92 Å². The van der Waals surface area contributed by atoms with Crippen LogP contribution in [0.4, 0.5) is 16.2 Å². The lowest BCUT2D eigenvalue weighted by molar-refractivity contribution is -0.124. The van der Waals surface area contributed by atoms with E-state index in [-0.39, 0.29) is 18.9 Å². The van der Waals surface area contributed by atoms with Crippen molar-refractivity contribution < 1.29 is 23.9 Å². The lowest BCUT2D eigenvalue weighted by atomic mass is 10.1. The number of carbonyl (C=O) groups excluding carboxylic acids is 3. The Morgan fingerprint density at radius 2 is 1.73 bits per heavy atom. The van der Waals surface area contributed by atoms with Crippen molar-refractivity contribution in [2.24, 2.45) is 0 Å². The van der Waals surface area contributed by atoms with Crippen molar-refractivity contribution in [3.63, 3.8) is 0 Å². The Kier molecular flexibility index (Phi) is 8.08. The van der Waals surface area contributed by atoms with E-state index in [9.17, 15) is 14.4 Å². The maximum atomic E-state index is 13.5. The summed E-state index contributed by atoms with van der Waals surface area (Å²) in [5.74, 6) is 0.563. The molecule has 4 amide bonds. The summed E-state index contributed by atoms with van der Waals surface area (Å²) >= 11 is 0. The average molecular weight is 502 g/mol. The molecule has 8 heteroatoms.